The number of aromatic nitrogens is 1. The number of oxazole rings is 1. The number of hydrogen-bond donors (Lipinski definition) is 1. The van der Waals surface area contributed by atoms with Gasteiger partial charge in [-0.15, -0.1) is 0 Å². The maximum atomic E-state index is 13.1. The maximum Gasteiger partial charge on any atom is 0.255 e. The molecular formula is C22H17FN2O3. The summed E-state index contributed by atoms with van der Waals surface area (Å²) in [6.07, 6.45) is 0. The topological polar surface area (TPSA) is 64.4 Å². The number of amides is 1. The third kappa shape index (κ3) is 3.71. The molecule has 4 aromatic rings. The Balaban J connectivity index is 1.57. The standard InChI is InChI=1S/C22H17FN2O3/c1-2-27-18-5-3-4-15(12-18)21(26)24-17-10-11-20-19(13-17)25-22(28-20)14-6-8-16(23)9-7-14/h3-13H,2H2,1H3,(H,24,26). The highest BCUT2D eigenvalue weighted by Crippen LogP contribution is 2.26. The summed E-state index contributed by atoms with van der Waals surface area (Å²) in [5.41, 5.74) is 2.95. The van der Waals surface area contributed by atoms with Crippen molar-refractivity contribution in [2.45, 2.75) is 6.92 Å². The van der Waals surface area contributed by atoms with Gasteiger partial charge in [-0.25, -0.2) is 9.37 Å². The number of rotatable bonds is 5. The number of hydrogen-bond acceptors (Lipinski definition) is 4. The third-order valence-corrected chi connectivity index (χ3v) is 4.14. The van der Waals surface area contributed by atoms with Gasteiger partial charge in [0, 0.05) is 16.8 Å². The minimum atomic E-state index is -0.321. The van der Waals surface area contributed by atoms with Crippen molar-refractivity contribution < 1.29 is 18.3 Å². The van der Waals surface area contributed by atoms with E-state index in [0.29, 0.717) is 46.2 Å². The quantitative estimate of drug-likeness (QED) is 0.514. The van der Waals surface area contributed by atoms with Crippen LogP contribution in [0, 0.1) is 5.82 Å². The monoisotopic (exact) mass is 376 g/mol. The fraction of sp³-hybridized carbons (Fsp3) is 0.0909. The van der Waals surface area contributed by atoms with E-state index in [2.05, 4.69) is 10.3 Å². The van der Waals surface area contributed by atoms with E-state index in [0.717, 1.165) is 0 Å². The Morgan fingerprint density at radius 3 is 2.71 bits per heavy atom. The molecule has 1 aromatic heterocycles. The average molecular weight is 376 g/mol. The van der Waals surface area contributed by atoms with Crippen molar-refractivity contribution in [2.24, 2.45) is 0 Å². The second-order valence-corrected chi connectivity index (χ2v) is 6.12. The molecular weight excluding hydrogens is 359 g/mol. The van der Waals surface area contributed by atoms with Gasteiger partial charge in [-0.05, 0) is 67.6 Å². The van der Waals surface area contributed by atoms with Crippen LogP contribution >= 0.6 is 0 Å². The number of nitrogens with zero attached hydrogens (tertiary/aromatic N) is 1. The highest BCUT2D eigenvalue weighted by molar-refractivity contribution is 6.05. The predicted octanol–water partition coefficient (Wildman–Crippen LogP) is 5.28. The summed E-state index contributed by atoms with van der Waals surface area (Å²) >= 11 is 0. The summed E-state index contributed by atoms with van der Waals surface area (Å²) in [5.74, 6) is 0.468. The minimum Gasteiger partial charge on any atom is -0.494 e. The fourth-order valence-electron chi connectivity index (χ4n) is 2.82. The molecule has 1 amide bonds. The molecule has 0 bridgehead atoms. The van der Waals surface area contributed by atoms with Crippen molar-refractivity contribution in [3.63, 3.8) is 0 Å². The minimum absolute atomic E-state index is 0.247. The van der Waals surface area contributed by atoms with Gasteiger partial charge in [0.2, 0.25) is 5.89 Å². The van der Waals surface area contributed by atoms with Crippen molar-refractivity contribution in [2.75, 3.05) is 11.9 Å². The third-order valence-electron chi connectivity index (χ3n) is 4.14. The van der Waals surface area contributed by atoms with Crippen molar-refractivity contribution >= 4 is 22.7 Å². The molecule has 0 saturated heterocycles. The molecule has 0 aliphatic carbocycles. The Labute approximate surface area is 160 Å². The van der Waals surface area contributed by atoms with Gasteiger partial charge in [-0.1, -0.05) is 6.07 Å². The van der Waals surface area contributed by atoms with Gasteiger partial charge in [-0.2, -0.15) is 0 Å². The number of anilines is 1. The summed E-state index contributed by atoms with van der Waals surface area (Å²) in [6.45, 7) is 2.42. The van der Waals surface area contributed by atoms with Crippen LogP contribution in [0.15, 0.2) is 71.1 Å². The Bertz CT molecular complexity index is 1140. The zero-order valence-corrected chi connectivity index (χ0v) is 15.1. The molecule has 140 valence electrons. The largest absolute Gasteiger partial charge is 0.494 e. The highest BCUT2D eigenvalue weighted by atomic mass is 19.1. The highest BCUT2D eigenvalue weighted by Gasteiger charge is 2.11. The first-order valence-corrected chi connectivity index (χ1v) is 8.83. The van der Waals surface area contributed by atoms with Gasteiger partial charge in [0.25, 0.3) is 5.91 Å². The zero-order chi connectivity index (χ0) is 19.5. The predicted molar refractivity (Wildman–Crippen MR) is 105 cm³/mol. The summed E-state index contributed by atoms with van der Waals surface area (Å²) in [5, 5.41) is 2.85. The number of carbonyl (C=O) groups excluding carboxylic acids is 1. The molecule has 0 saturated carbocycles. The lowest BCUT2D eigenvalue weighted by molar-refractivity contribution is 0.102. The van der Waals surface area contributed by atoms with Crippen LogP contribution in [-0.4, -0.2) is 17.5 Å². The SMILES string of the molecule is CCOc1cccc(C(=O)Nc2ccc3oc(-c4ccc(F)cc4)nc3c2)c1. The van der Waals surface area contributed by atoms with Crippen LogP contribution in [0.3, 0.4) is 0 Å². The molecule has 0 unspecified atom stereocenters. The zero-order valence-electron chi connectivity index (χ0n) is 15.1. The lowest BCUT2D eigenvalue weighted by Gasteiger charge is -2.07. The van der Waals surface area contributed by atoms with E-state index in [-0.39, 0.29) is 11.7 Å². The molecule has 6 heteroatoms. The second kappa shape index (κ2) is 7.52. The Hall–Kier alpha value is -3.67. The molecule has 0 radical (unpaired) electrons. The van der Waals surface area contributed by atoms with Crippen molar-refractivity contribution in [1.82, 2.24) is 4.98 Å². The first kappa shape index (κ1) is 17.7. The average Bonchev–Trinajstić information content (AvgIpc) is 3.12. The van der Waals surface area contributed by atoms with Crippen LogP contribution in [0.2, 0.25) is 0 Å². The molecule has 0 fully saturated rings. The summed E-state index contributed by atoms with van der Waals surface area (Å²) in [4.78, 5) is 17.0. The molecule has 5 nitrogen and oxygen atoms in total. The van der Waals surface area contributed by atoms with Gasteiger partial charge in [0.1, 0.15) is 17.1 Å². The molecule has 4 rings (SSSR count). The maximum absolute atomic E-state index is 13.1. The molecule has 0 atom stereocenters. The van der Waals surface area contributed by atoms with Gasteiger partial charge in [-0.3, -0.25) is 4.79 Å². The van der Waals surface area contributed by atoms with Gasteiger partial charge in [0.05, 0.1) is 6.61 Å². The number of halogens is 1. The lowest BCUT2D eigenvalue weighted by atomic mass is 10.2. The molecule has 0 aliphatic rings. The Morgan fingerprint density at radius 1 is 1.11 bits per heavy atom. The summed E-state index contributed by atoms with van der Waals surface area (Å²) in [7, 11) is 0. The first-order chi connectivity index (χ1) is 13.6. The van der Waals surface area contributed by atoms with E-state index in [1.165, 1.54) is 12.1 Å². The van der Waals surface area contributed by atoms with Crippen molar-refractivity contribution in [1.29, 1.82) is 0 Å². The smallest absolute Gasteiger partial charge is 0.255 e. The first-order valence-electron chi connectivity index (χ1n) is 8.83. The Kier molecular flexibility index (Phi) is 4.76. The van der Waals surface area contributed by atoms with Crippen molar-refractivity contribution in [3.05, 3.63) is 78.1 Å². The molecule has 3 aromatic carbocycles. The number of benzene rings is 3. The van der Waals surface area contributed by atoms with E-state index in [1.54, 1.807) is 54.6 Å². The molecule has 0 spiro atoms. The number of nitrogens with one attached hydrogen (secondary N) is 1. The molecule has 1 heterocycles. The van der Waals surface area contributed by atoms with E-state index in [9.17, 15) is 9.18 Å². The number of ether oxygens (including phenoxy) is 1. The fourth-order valence-corrected chi connectivity index (χ4v) is 2.82. The van der Waals surface area contributed by atoms with E-state index >= 15 is 0 Å². The second-order valence-electron chi connectivity index (χ2n) is 6.12. The van der Waals surface area contributed by atoms with Crippen LogP contribution in [0.25, 0.3) is 22.6 Å². The van der Waals surface area contributed by atoms with E-state index in [1.807, 2.05) is 6.92 Å². The van der Waals surface area contributed by atoms with Crippen molar-refractivity contribution in [3.8, 4) is 17.2 Å². The summed E-state index contributed by atoms with van der Waals surface area (Å²) in [6, 6.07) is 18.1. The molecule has 28 heavy (non-hydrogen) atoms. The number of carbonyl (C=O) groups is 1. The number of fused-ring (bicyclic) bond motifs is 1. The lowest BCUT2D eigenvalue weighted by Crippen LogP contribution is -2.11. The van der Waals surface area contributed by atoms with Crippen LogP contribution < -0.4 is 10.1 Å². The molecule has 0 aliphatic heterocycles. The Morgan fingerprint density at radius 2 is 1.93 bits per heavy atom. The molecule has 1 N–H and O–H groups in total. The van der Waals surface area contributed by atoms with E-state index in [4.69, 9.17) is 9.15 Å². The van der Waals surface area contributed by atoms with Gasteiger partial charge in [0.15, 0.2) is 5.58 Å². The van der Waals surface area contributed by atoms with Crippen LogP contribution in [0.4, 0.5) is 10.1 Å². The van der Waals surface area contributed by atoms with Crippen LogP contribution in [0.5, 0.6) is 5.75 Å². The van der Waals surface area contributed by atoms with Crippen LogP contribution in [0.1, 0.15) is 17.3 Å². The van der Waals surface area contributed by atoms with E-state index < -0.39 is 0 Å². The van der Waals surface area contributed by atoms with Gasteiger partial charge < -0.3 is 14.5 Å². The summed E-state index contributed by atoms with van der Waals surface area (Å²) < 4.78 is 24.2. The van der Waals surface area contributed by atoms with Crippen LogP contribution in [-0.2, 0) is 0 Å². The van der Waals surface area contributed by atoms with Gasteiger partial charge >= 0.3 is 0 Å². The normalized spacial score (nSPS) is 10.8.